The van der Waals surface area contributed by atoms with Crippen molar-refractivity contribution in [2.75, 3.05) is 12.5 Å². The Morgan fingerprint density at radius 3 is 2.84 bits per heavy atom. The van der Waals surface area contributed by atoms with Gasteiger partial charge < -0.3 is 19.9 Å². The first-order valence-corrected chi connectivity index (χ1v) is 6.16. The summed E-state index contributed by atoms with van der Waals surface area (Å²) in [6, 6.07) is 10.8. The molecule has 2 aromatic rings. The van der Waals surface area contributed by atoms with Gasteiger partial charge in [0, 0.05) is 22.3 Å². The Kier molecular flexibility index (Phi) is 3.09. The second kappa shape index (κ2) is 4.90. The van der Waals surface area contributed by atoms with Crippen LogP contribution < -0.4 is 19.9 Å². The van der Waals surface area contributed by atoms with Crippen LogP contribution in [0.3, 0.4) is 0 Å². The van der Waals surface area contributed by atoms with Crippen LogP contribution in [-0.2, 0) is 6.61 Å². The first-order valence-electron chi connectivity index (χ1n) is 5.79. The van der Waals surface area contributed by atoms with E-state index in [1.807, 2.05) is 12.1 Å². The van der Waals surface area contributed by atoms with Crippen molar-refractivity contribution in [2.45, 2.75) is 6.61 Å². The highest BCUT2D eigenvalue weighted by molar-refractivity contribution is 6.30. The quantitative estimate of drug-likeness (QED) is 0.875. The van der Waals surface area contributed by atoms with E-state index >= 15 is 0 Å². The van der Waals surface area contributed by atoms with Gasteiger partial charge in [0.15, 0.2) is 11.5 Å². The molecule has 4 nitrogen and oxygen atoms in total. The van der Waals surface area contributed by atoms with Crippen LogP contribution in [0.25, 0.3) is 0 Å². The first kappa shape index (κ1) is 12.0. The van der Waals surface area contributed by atoms with Crippen molar-refractivity contribution in [1.82, 2.24) is 0 Å². The molecule has 0 amide bonds. The molecule has 0 unspecified atom stereocenters. The highest BCUT2D eigenvalue weighted by atomic mass is 35.5. The van der Waals surface area contributed by atoms with E-state index in [-0.39, 0.29) is 6.79 Å². The van der Waals surface area contributed by atoms with E-state index in [0.29, 0.717) is 28.8 Å². The maximum absolute atomic E-state index is 5.93. The lowest BCUT2D eigenvalue weighted by atomic mass is 10.2. The highest BCUT2D eigenvalue weighted by Crippen LogP contribution is 2.35. The number of fused-ring (bicyclic) bond motifs is 1. The summed E-state index contributed by atoms with van der Waals surface area (Å²) in [5, 5.41) is 0.637. The van der Waals surface area contributed by atoms with Crippen LogP contribution in [0.2, 0.25) is 5.02 Å². The van der Waals surface area contributed by atoms with Crippen molar-refractivity contribution in [3.63, 3.8) is 0 Å². The Bertz CT molecular complexity index is 616. The van der Waals surface area contributed by atoms with Gasteiger partial charge in [0.2, 0.25) is 6.79 Å². The molecule has 1 heterocycles. The van der Waals surface area contributed by atoms with Gasteiger partial charge in [-0.05, 0) is 30.3 Å². The topological polar surface area (TPSA) is 53.7 Å². The van der Waals surface area contributed by atoms with Crippen molar-refractivity contribution >= 4 is 17.3 Å². The van der Waals surface area contributed by atoms with Crippen LogP contribution >= 0.6 is 11.6 Å². The maximum Gasteiger partial charge on any atom is 0.231 e. The van der Waals surface area contributed by atoms with E-state index in [2.05, 4.69) is 0 Å². The molecule has 0 aliphatic carbocycles. The van der Waals surface area contributed by atoms with Gasteiger partial charge in [0.1, 0.15) is 12.4 Å². The lowest BCUT2D eigenvalue weighted by Gasteiger charge is -2.09. The molecule has 98 valence electrons. The number of nitrogens with two attached hydrogens (primary N) is 1. The van der Waals surface area contributed by atoms with Crippen molar-refractivity contribution in [1.29, 1.82) is 0 Å². The second-order valence-corrected chi connectivity index (χ2v) is 4.58. The molecule has 1 aliphatic rings. The van der Waals surface area contributed by atoms with Gasteiger partial charge in [0.25, 0.3) is 0 Å². The molecule has 5 heteroatoms. The van der Waals surface area contributed by atoms with Gasteiger partial charge in [-0.2, -0.15) is 0 Å². The van der Waals surface area contributed by atoms with Crippen molar-refractivity contribution in [3.8, 4) is 17.2 Å². The molecule has 19 heavy (non-hydrogen) atoms. The third-order valence-corrected chi connectivity index (χ3v) is 3.08. The number of hydrogen-bond acceptors (Lipinski definition) is 4. The van der Waals surface area contributed by atoms with Gasteiger partial charge in [-0.3, -0.25) is 0 Å². The monoisotopic (exact) mass is 277 g/mol. The zero-order chi connectivity index (χ0) is 13.2. The van der Waals surface area contributed by atoms with E-state index < -0.39 is 0 Å². The molecule has 0 atom stereocenters. The third-order valence-electron chi connectivity index (χ3n) is 2.84. The number of nitrogen functional groups attached to an aromatic ring is 1. The van der Waals surface area contributed by atoms with Crippen LogP contribution in [0.4, 0.5) is 5.69 Å². The minimum atomic E-state index is 0.250. The zero-order valence-corrected chi connectivity index (χ0v) is 10.8. The lowest BCUT2D eigenvalue weighted by Crippen LogP contribution is -2.00. The second-order valence-electron chi connectivity index (χ2n) is 4.15. The number of anilines is 1. The molecule has 3 rings (SSSR count). The largest absolute Gasteiger partial charge is 0.489 e. The Morgan fingerprint density at radius 2 is 1.95 bits per heavy atom. The number of halogens is 1. The minimum absolute atomic E-state index is 0.250. The zero-order valence-electron chi connectivity index (χ0n) is 10.1. The molecular formula is C14H12ClNO3. The van der Waals surface area contributed by atoms with E-state index in [4.69, 9.17) is 31.5 Å². The number of hydrogen-bond donors (Lipinski definition) is 1. The standard InChI is InChI=1S/C14H12ClNO3/c15-10-1-3-12(16)9(5-10)7-17-11-2-4-13-14(6-11)19-8-18-13/h1-6H,7-8,16H2. The summed E-state index contributed by atoms with van der Waals surface area (Å²) in [4.78, 5) is 0. The molecule has 0 saturated carbocycles. The average Bonchev–Trinajstić information content (AvgIpc) is 2.87. The molecule has 0 spiro atoms. The molecule has 0 bridgehead atoms. The smallest absolute Gasteiger partial charge is 0.231 e. The van der Waals surface area contributed by atoms with Crippen LogP contribution in [0.1, 0.15) is 5.56 Å². The van der Waals surface area contributed by atoms with Gasteiger partial charge in [-0.15, -0.1) is 0 Å². The summed E-state index contributed by atoms with van der Waals surface area (Å²) in [5.41, 5.74) is 7.37. The van der Waals surface area contributed by atoms with Crippen LogP contribution in [0.5, 0.6) is 17.2 Å². The van der Waals surface area contributed by atoms with Crippen LogP contribution in [0, 0.1) is 0 Å². The van der Waals surface area contributed by atoms with Crippen molar-refractivity contribution in [2.24, 2.45) is 0 Å². The predicted octanol–water partition coefficient (Wildman–Crippen LogP) is 3.23. The molecule has 0 fully saturated rings. The Morgan fingerprint density at radius 1 is 1.11 bits per heavy atom. The van der Waals surface area contributed by atoms with Crippen LogP contribution in [-0.4, -0.2) is 6.79 Å². The summed E-state index contributed by atoms with van der Waals surface area (Å²) in [7, 11) is 0. The van der Waals surface area contributed by atoms with Gasteiger partial charge >= 0.3 is 0 Å². The molecule has 2 N–H and O–H groups in total. The maximum atomic E-state index is 5.93. The fraction of sp³-hybridized carbons (Fsp3) is 0.143. The molecule has 0 radical (unpaired) electrons. The van der Waals surface area contributed by atoms with E-state index in [1.54, 1.807) is 24.3 Å². The fourth-order valence-electron chi connectivity index (χ4n) is 1.83. The SMILES string of the molecule is Nc1ccc(Cl)cc1COc1ccc2c(c1)OCO2. The van der Waals surface area contributed by atoms with Crippen molar-refractivity contribution < 1.29 is 14.2 Å². The normalized spacial score (nSPS) is 12.5. The lowest BCUT2D eigenvalue weighted by molar-refractivity contribution is 0.173. The number of rotatable bonds is 3. The van der Waals surface area contributed by atoms with Crippen molar-refractivity contribution in [3.05, 3.63) is 47.0 Å². The molecule has 0 aromatic heterocycles. The summed E-state index contributed by atoms with van der Waals surface area (Å²) < 4.78 is 16.2. The van der Waals surface area contributed by atoms with Gasteiger partial charge in [-0.25, -0.2) is 0 Å². The predicted molar refractivity (Wildman–Crippen MR) is 72.8 cm³/mol. The van der Waals surface area contributed by atoms with Gasteiger partial charge in [0.05, 0.1) is 0 Å². The Balaban J connectivity index is 1.74. The highest BCUT2D eigenvalue weighted by Gasteiger charge is 2.13. The Labute approximate surface area is 115 Å². The van der Waals surface area contributed by atoms with E-state index in [9.17, 15) is 0 Å². The minimum Gasteiger partial charge on any atom is -0.489 e. The van der Waals surface area contributed by atoms with E-state index in [0.717, 1.165) is 11.3 Å². The summed E-state index contributed by atoms with van der Waals surface area (Å²) in [5.74, 6) is 2.12. The fourth-order valence-corrected chi connectivity index (χ4v) is 2.02. The number of benzene rings is 2. The molecule has 0 saturated heterocycles. The average molecular weight is 278 g/mol. The summed E-state index contributed by atoms with van der Waals surface area (Å²) in [6.07, 6.45) is 0. The first-order chi connectivity index (χ1) is 9.22. The third kappa shape index (κ3) is 2.53. The number of ether oxygens (including phenoxy) is 3. The molecule has 2 aromatic carbocycles. The van der Waals surface area contributed by atoms with Crippen LogP contribution in [0.15, 0.2) is 36.4 Å². The molecule has 1 aliphatic heterocycles. The molecular weight excluding hydrogens is 266 g/mol. The van der Waals surface area contributed by atoms with Gasteiger partial charge in [-0.1, -0.05) is 11.6 Å². The Hall–Kier alpha value is -2.07. The summed E-state index contributed by atoms with van der Waals surface area (Å²) >= 11 is 5.93. The van der Waals surface area contributed by atoms with E-state index in [1.165, 1.54) is 0 Å². The summed E-state index contributed by atoms with van der Waals surface area (Å²) in [6.45, 7) is 0.603.